The van der Waals surface area contributed by atoms with Crippen LogP contribution in [0.5, 0.6) is 0 Å². The van der Waals surface area contributed by atoms with Gasteiger partial charge in [-0.15, -0.1) is 11.3 Å². The van der Waals surface area contributed by atoms with Crippen LogP contribution in [0.15, 0.2) is 53.1 Å². The molecule has 0 bridgehead atoms. The van der Waals surface area contributed by atoms with Crippen LogP contribution in [0, 0.1) is 0 Å². The molecular formula is C21H28N6S. The minimum Gasteiger partial charge on any atom is -0.350 e. The summed E-state index contributed by atoms with van der Waals surface area (Å²) in [6.07, 6.45) is 4.86. The number of hydrogen-bond acceptors (Lipinski definition) is 4. The lowest BCUT2D eigenvalue weighted by atomic mass is 10.1. The molecule has 28 heavy (non-hydrogen) atoms. The second kappa shape index (κ2) is 10.0. The summed E-state index contributed by atoms with van der Waals surface area (Å²) < 4.78 is 2.18. The van der Waals surface area contributed by atoms with Gasteiger partial charge in [-0.05, 0) is 17.9 Å². The Balaban J connectivity index is 1.49. The molecule has 0 fully saturated rings. The minimum atomic E-state index is 0.456. The summed E-state index contributed by atoms with van der Waals surface area (Å²) in [5, 5.41) is 9.86. The number of nitrogens with one attached hydrogen (secondary N) is 2. The number of benzene rings is 1. The molecule has 6 nitrogen and oxygen atoms in total. The molecule has 2 aromatic heterocycles. The van der Waals surface area contributed by atoms with Crippen LogP contribution in [0.1, 0.15) is 41.9 Å². The number of rotatable bonds is 8. The molecule has 3 aromatic rings. The SMILES string of the molecule is CN=C(NCc1nc(C(C)C)cs1)NCc1nccn1CCc1ccccc1. The highest BCUT2D eigenvalue weighted by Gasteiger charge is 2.08. The highest BCUT2D eigenvalue weighted by atomic mass is 32.1. The third-order valence-corrected chi connectivity index (χ3v) is 5.36. The van der Waals surface area contributed by atoms with Gasteiger partial charge >= 0.3 is 0 Å². The molecule has 0 radical (unpaired) electrons. The Morgan fingerprint density at radius 2 is 1.96 bits per heavy atom. The zero-order chi connectivity index (χ0) is 19.8. The van der Waals surface area contributed by atoms with Crippen LogP contribution < -0.4 is 10.6 Å². The van der Waals surface area contributed by atoms with Crippen LogP contribution in [0.4, 0.5) is 0 Å². The van der Waals surface area contributed by atoms with Gasteiger partial charge in [0.15, 0.2) is 5.96 Å². The third kappa shape index (κ3) is 5.66. The molecule has 0 amide bonds. The summed E-state index contributed by atoms with van der Waals surface area (Å²) >= 11 is 1.68. The predicted molar refractivity (Wildman–Crippen MR) is 116 cm³/mol. The number of aliphatic imine (C=N–C) groups is 1. The van der Waals surface area contributed by atoms with Gasteiger partial charge in [0.05, 0.1) is 18.8 Å². The van der Waals surface area contributed by atoms with Gasteiger partial charge in [0, 0.05) is 31.4 Å². The van der Waals surface area contributed by atoms with Gasteiger partial charge < -0.3 is 15.2 Å². The third-order valence-electron chi connectivity index (χ3n) is 4.49. The topological polar surface area (TPSA) is 67.1 Å². The fraction of sp³-hybridized carbons (Fsp3) is 0.381. The van der Waals surface area contributed by atoms with Crippen molar-refractivity contribution in [1.82, 2.24) is 25.2 Å². The number of guanidine groups is 1. The van der Waals surface area contributed by atoms with E-state index < -0.39 is 0 Å². The Bertz CT molecular complexity index is 881. The van der Waals surface area contributed by atoms with E-state index >= 15 is 0 Å². The van der Waals surface area contributed by atoms with E-state index in [2.05, 4.69) is 73.7 Å². The molecule has 7 heteroatoms. The summed E-state index contributed by atoms with van der Waals surface area (Å²) in [6.45, 7) is 6.51. The number of aryl methyl sites for hydroxylation is 2. The van der Waals surface area contributed by atoms with Gasteiger partial charge in [0.1, 0.15) is 10.8 Å². The fourth-order valence-corrected chi connectivity index (χ4v) is 3.71. The molecule has 0 saturated heterocycles. The number of aromatic nitrogens is 3. The Kier molecular flexibility index (Phi) is 7.19. The zero-order valence-corrected chi connectivity index (χ0v) is 17.5. The van der Waals surface area contributed by atoms with Gasteiger partial charge in [0.25, 0.3) is 0 Å². The average molecular weight is 397 g/mol. The Morgan fingerprint density at radius 3 is 2.68 bits per heavy atom. The first-order chi connectivity index (χ1) is 13.7. The maximum atomic E-state index is 4.65. The first-order valence-electron chi connectivity index (χ1n) is 9.58. The minimum absolute atomic E-state index is 0.456. The Morgan fingerprint density at radius 1 is 1.18 bits per heavy atom. The van der Waals surface area contributed by atoms with Crippen molar-refractivity contribution in [3.8, 4) is 0 Å². The number of imidazole rings is 1. The number of hydrogen-bond donors (Lipinski definition) is 2. The average Bonchev–Trinajstić information content (AvgIpc) is 3.37. The van der Waals surface area contributed by atoms with E-state index in [9.17, 15) is 0 Å². The normalized spacial score (nSPS) is 11.8. The maximum Gasteiger partial charge on any atom is 0.191 e. The predicted octanol–water partition coefficient (Wildman–Crippen LogP) is 3.57. The van der Waals surface area contributed by atoms with Crippen LogP contribution in [0.2, 0.25) is 0 Å². The van der Waals surface area contributed by atoms with Gasteiger partial charge in [-0.25, -0.2) is 9.97 Å². The van der Waals surface area contributed by atoms with E-state index in [1.54, 1.807) is 18.4 Å². The van der Waals surface area contributed by atoms with Crippen molar-refractivity contribution in [2.75, 3.05) is 7.05 Å². The summed E-state index contributed by atoms with van der Waals surface area (Å²) in [6, 6.07) is 10.5. The van der Waals surface area contributed by atoms with E-state index in [1.165, 1.54) is 5.56 Å². The van der Waals surface area contributed by atoms with Crippen molar-refractivity contribution >= 4 is 17.3 Å². The molecule has 0 aliphatic carbocycles. The van der Waals surface area contributed by atoms with Gasteiger partial charge in [-0.1, -0.05) is 44.2 Å². The second-order valence-corrected chi connectivity index (χ2v) is 7.82. The molecule has 0 aliphatic rings. The monoisotopic (exact) mass is 396 g/mol. The van der Waals surface area contributed by atoms with Crippen molar-refractivity contribution < 1.29 is 0 Å². The smallest absolute Gasteiger partial charge is 0.191 e. The highest BCUT2D eigenvalue weighted by Crippen LogP contribution is 2.17. The summed E-state index contributed by atoms with van der Waals surface area (Å²) in [5.74, 6) is 2.20. The molecule has 0 spiro atoms. The first kappa shape index (κ1) is 20.1. The largest absolute Gasteiger partial charge is 0.350 e. The van der Waals surface area contributed by atoms with E-state index in [0.29, 0.717) is 19.0 Å². The molecule has 3 rings (SSSR count). The van der Waals surface area contributed by atoms with E-state index in [0.717, 1.165) is 35.5 Å². The van der Waals surface area contributed by atoms with Crippen LogP contribution >= 0.6 is 11.3 Å². The van der Waals surface area contributed by atoms with Crippen molar-refractivity contribution in [2.24, 2.45) is 4.99 Å². The molecule has 0 atom stereocenters. The number of thiazole rings is 1. The fourth-order valence-electron chi connectivity index (χ4n) is 2.82. The van der Waals surface area contributed by atoms with Crippen LogP contribution in [0.25, 0.3) is 0 Å². The van der Waals surface area contributed by atoms with Crippen molar-refractivity contribution in [3.05, 3.63) is 70.2 Å². The molecule has 148 valence electrons. The Hall–Kier alpha value is -2.67. The second-order valence-electron chi connectivity index (χ2n) is 6.87. The molecule has 1 aromatic carbocycles. The van der Waals surface area contributed by atoms with Crippen molar-refractivity contribution in [3.63, 3.8) is 0 Å². The van der Waals surface area contributed by atoms with Crippen LogP contribution in [-0.2, 0) is 26.1 Å². The molecule has 0 saturated carbocycles. The van der Waals surface area contributed by atoms with Gasteiger partial charge in [0.2, 0.25) is 0 Å². The van der Waals surface area contributed by atoms with E-state index in [-0.39, 0.29) is 0 Å². The van der Waals surface area contributed by atoms with Crippen molar-refractivity contribution in [1.29, 1.82) is 0 Å². The molecule has 2 N–H and O–H groups in total. The lowest BCUT2D eigenvalue weighted by Gasteiger charge is -2.12. The van der Waals surface area contributed by atoms with Crippen molar-refractivity contribution in [2.45, 2.75) is 45.8 Å². The van der Waals surface area contributed by atoms with Gasteiger partial charge in [-0.2, -0.15) is 0 Å². The van der Waals surface area contributed by atoms with E-state index in [1.807, 2.05) is 18.5 Å². The quantitative estimate of drug-likeness (QED) is 0.451. The zero-order valence-electron chi connectivity index (χ0n) is 16.7. The summed E-state index contributed by atoms with van der Waals surface area (Å²) in [4.78, 5) is 13.4. The maximum absolute atomic E-state index is 4.65. The number of nitrogens with zero attached hydrogens (tertiary/aromatic N) is 4. The lowest BCUT2D eigenvalue weighted by Crippen LogP contribution is -2.37. The highest BCUT2D eigenvalue weighted by molar-refractivity contribution is 7.09. The molecule has 0 unspecified atom stereocenters. The molecule has 0 aliphatic heterocycles. The van der Waals surface area contributed by atoms with Crippen LogP contribution in [0.3, 0.4) is 0 Å². The first-order valence-corrected chi connectivity index (χ1v) is 10.5. The standard InChI is InChI=1S/C21H28N6S/c1-16(2)18-15-28-20(26-18)14-25-21(22-3)24-13-19-23-10-12-27(19)11-9-17-7-5-4-6-8-17/h4-8,10,12,15-16H,9,11,13-14H2,1-3H3,(H2,22,24,25). The molecular weight excluding hydrogens is 368 g/mol. The summed E-state index contributed by atoms with van der Waals surface area (Å²) in [5.41, 5.74) is 2.47. The van der Waals surface area contributed by atoms with E-state index in [4.69, 9.17) is 0 Å². The van der Waals surface area contributed by atoms with Gasteiger partial charge in [-0.3, -0.25) is 4.99 Å². The Labute approximate surface area is 170 Å². The summed E-state index contributed by atoms with van der Waals surface area (Å²) in [7, 11) is 1.78. The molecule has 2 heterocycles. The van der Waals surface area contributed by atoms with Crippen LogP contribution in [-0.4, -0.2) is 27.5 Å². The lowest BCUT2D eigenvalue weighted by molar-refractivity contribution is 0.634.